The summed E-state index contributed by atoms with van der Waals surface area (Å²) < 4.78 is 30.9. The number of nitrogen functional groups attached to an aromatic ring is 1. The van der Waals surface area contributed by atoms with Gasteiger partial charge in [0, 0.05) is 52.3 Å². The Morgan fingerprint density at radius 2 is 1.79 bits per heavy atom. The van der Waals surface area contributed by atoms with Gasteiger partial charge in [-0.05, 0) is 50.1 Å². The lowest BCUT2D eigenvalue weighted by Crippen LogP contribution is -2.35. The number of hydrogen-bond donors (Lipinski definition) is 4. The van der Waals surface area contributed by atoms with Crippen molar-refractivity contribution in [2.75, 3.05) is 16.8 Å². The third-order valence-electron chi connectivity index (χ3n) is 5.87. The molecule has 0 bridgehead atoms. The lowest BCUT2D eigenvalue weighted by atomic mass is 9.98. The summed E-state index contributed by atoms with van der Waals surface area (Å²) in [5, 5.41) is 18.6. The highest BCUT2D eigenvalue weighted by molar-refractivity contribution is 6.03. The van der Waals surface area contributed by atoms with E-state index in [0.29, 0.717) is 35.5 Å². The minimum absolute atomic E-state index is 0.0281. The fraction of sp³-hybridized carbons (Fsp3) is 0.192. The average molecular weight is 462 g/mol. The molecule has 0 radical (unpaired) electrons. The third kappa shape index (κ3) is 4.52. The van der Waals surface area contributed by atoms with E-state index in [4.69, 9.17) is 16.6 Å². The summed E-state index contributed by atoms with van der Waals surface area (Å²) in [6.07, 6.45) is 2.11. The maximum Gasteiger partial charge on any atom is 0.226 e. The number of anilines is 3. The molecule has 1 heterocycles. The highest BCUT2D eigenvalue weighted by Crippen LogP contribution is 2.36. The number of piperidine rings is 1. The Bertz CT molecular complexity index is 1300. The van der Waals surface area contributed by atoms with Gasteiger partial charge in [-0.1, -0.05) is 24.3 Å². The quantitative estimate of drug-likeness (QED) is 0.285. The van der Waals surface area contributed by atoms with Crippen molar-refractivity contribution in [1.29, 1.82) is 10.8 Å². The molecule has 5 N–H and O–H groups in total. The molecule has 0 aliphatic carbocycles. The fourth-order valence-corrected chi connectivity index (χ4v) is 4.10. The van der Waals surface area contributed by atoms with Gasteiger partial charge in [0.15, 0.2) is 5.82 Å². The molecule has 174 valence electrons. The van der Waals surface area contributed by atoms with Crippen molar-refractivity contribution in [3.8, 4) is 11.1 Å². The molecule has 3 aromatic carbocycles. The van der Waals surface area contributed by atoms with Crippen LogP contribution in [0.4, 0.5) is 25.8 Å². The lowest BCUT2D eigenvalue weighted by molar-refractivity contribution is -0.119. The molecule has 0 spiro atoms. The van der Waals surface area contributed by atoms with Crippen LogP contribution in [0.2, 0.25) is 0 Å². The number of hydrogen-bond acceptors (Lipinski definition) is 4. The van der Waals surface area contributed by atoms with Crippen LogP contribution in [0.5, 0.6) is 0 Å². The summed E-state index contributed by atoms with van der Waals surface area (Å²) in [6, 6.07) is 14.0. The van der Waals surface area contributed by atoms with Crippen LogP contribution in [0.25, 0.3) is 11.1 Å². The first-order chi connectivity index (χ1) is 16.3. The number of halogens is 2. The number of nitrogens with zero attached hydrogens (tertiary/aromatic N) is 1. The molecule has 1 aliphatic rings. The minimum atomic E-state index is -0.710. The van der Waals surface area contributed by atoms with Crippen molar-refractivity contribution in [1.82, 2.24) is 0 Å². The van der Waals surface area contributed by atoms with Crippen LogP contribution >= 0.6 is 0 Å². The molecule has 8 heteroatoms. The second-order valence-electron chi connectivity index (χ2n) is 8.26. The molecule has 0 saturated carbocycles. The first-order valence-corrected chi connectivity index (χ1v) is 11.0. The minimum Gasteiger partial charge on any atom is -0.384 e. The first kappa shape index (κ1) is 23.1. The molecule has 34 heavy (non-hydrogen) atoms. The number of amidine groups is 1. The summed E-state index contributed by atoms with van der Waals surface area (Å²) >= 11 is 0. The Hall–Kier alpha value is -4.07. The summed E-state index contributed by atoms with van der Waals surface area (Å²) in [4.78, 5) is 13.8. The molecule has 6 nitrogen and oxygen atoms in total. The molecule has 1 fully saturated rings. The van der Waals surface area contributed by atoms with Gasteiger partial charge in [0.25, 0.3) is 0 Å². The lowest BCUT2D eigenvalue weighted by Gasteiger charge is -2.27. The van der Waals surface area contributed by atoms with Gasteiger partial charge >= 0.3 is 0 Å². The number of nitrogens with one attached hydrogen (secondary N) is 3. The van der Waals surface area contributed by atoms with Gasteiger partial charge in [-0.3, -0.25) is 10.2 Å². The van der Waals surface area contributed by atoms with Crippen LogP contribution in [-0.2, 0) is 4.79 Å². The van der Waals surface area contributed by atoms with Crippen molar-refractivity contribution in [2.45, 2.75) is 26.2 Å². The molecule has 4 rings (SSSR count). The predicted octanol–water partition coefficient (Wildman–Crippen LogP) is 5.56. The number of carbonyl (C=O) groups excluding carboxylic acids is 1. The Kier molecular flexibility index (Phi) is 6.40. The van der Waals surface area contributed by atoms with Crippen LogP contribution in [0.1, 0.15) is 37.3 Å². The molecular formula is C26H25F2N5O. The molecule has 1 amide bonds. The topological polar surface area (TPSA) is 106 Å². The van der Waals surface area contributed by atoms with Gasteiger partial charge < -0.3 is 21.4 Å². The van der Waals surface area contributed by atoms with E-state index in [1.807, 2.05) is 0 Å². The molecule has 3 aromatic rings. The van der Waals surface area contributed by atoms with E-state index in [-0.39, 0.29) is 34.3 Å². The molecule has 0 unspecified atom stereocenters. The van der Waals surface area contributed by atoms with E-state index < -0.39 is 11.6 Å². The molecule has 1 saturated heterocycles. The molecule has 0 aromatic heterocycles. The predicted molar refractivity (Wildman–Crippen MR) is 131 cm³/mol. The van der Waals surface area contributed by atoms with Gasteiger partial charge in [0.2, 0.25) is 5.91 Å². The van der Waals surface area contributed by atoms with Gasteiger partial charge in [-0.15, -0.1) is 0 Å². The maximum absolute atomic E-state index is 15.8. The Morgan fingerprint density at radius 3 is 2.47 bits per heavy atom. The maximum atomic E-state index is 15.8. The molecule has 1 aliphatic heterocycles. The van der Waals surface area contributed by atoms with Crippen LogP contribution in [0, 0.1) is 22.5 Å². The second-order valence-corrected chi connectivity index (χ2v) is 8.26. The largest absolute Gasteiger partial charge is 0.384 e. The monoisotopic (exact) mass is 461 g/mol. The second kappa shape index (κ2) is 9.43. The van der Waals surface area contributed by atoms with Gasteiger partial charge in [-0.25, -0.2) is 8.78 Å². The van der Waals surface area contributed by atoms with E-state index in [1.54, 1.807) is 41.3 Å². The zero-order valence-electron chi connectivity index (χ0n) is 18.7. The van der Waals surface area contributed by atoms with E-state index in [0.717, 1.165) is 12.8 Å². The highest BCUT2D eigenvalue weighted by atomic mass is 19.1. The van der Waals surface area contributed by atoms with Crippen LogP contribution in [-0.4, -0.2) is 24.0 Å². The Balaban J connectivity index is 1.75. The third-order valence-corrected chi connectivity index (χ3v) is 5.87. The van der Waals surface area contributed by atoms with E-state index in [1.165, 1.54) is 25.1 Å². The summed E-state index contributed by atoms with van der Waals surface area (Å²) in [7, 11) is 0. The van der Waals surface area contributed by atoms with Crippen molar-refractivity contribution in [2.24, 2.45) is 5.73 Å². The fourth-order valence-electron chi connectivity index (χ4n) is 4.10. The van der Waals surface area contributed by atoms with Crippen LogP contribution in [0.15, 0.2) is 54.6 Å². The van der Waals surface area contributed by atoms with Gasteiger partial charge in [0.05, 0.1) is 5.69 Å². The van der Waals surface area contributed by atoms with E-state index in [2.05, 4.69) is 5.32 Å². The van der Waals surface area contributed by atoms with Crippen LogP contribution in [0.3, 0.4) is 0 Å². The normalized spacial score (nSPS) is 13.6. The molecular weight excluding hydrogens is 436 g/mol. The smallest absolute Gasteiger partial charge is 0.226 e. The first-order valence-electron chi connectivity index (χ1n) is 11.0. The SMILES string of the molecule is CC(=N)c1ccc(-c2ccc(N3CCCCC3=O)cc2F)c(F)c1Nc1cccc(C(=N)N)c1. The van der Waals surface area contributed by atoms with E-state index >= 15 is 8.78 Å². The number of amides is 1. The van der Waals surface area contributed by atoms with Gasteiger partial charge in [-0.2, -0.15) is 0 Å². The van der Waals surface area contributed by atoms with Gasteiger partial charge in [0.1, 0.15) is 11.7 Å². The summed E-state index contributed by atoms with van der Waals surface area (Å²) in [6.45, 7) is 2.07. The average Bonchev–Trinajstić information content (AvgIpc) is 2.81. The summed E-state index contributed by atoms with van der Waals surface area (Å²) in [5.74, 6) is -1.53. The number of rotatable bonds is 6. The molecule has 0 atom stereocenters. The Morgan fingerprint density at radius 1 is 1.03 bits per heavy atom. The summed E-state index contributed by atoms with van der Waals surface area (Å²) in [5.41, 5.74) is 7.53. The van der Waals surface area contributed by atoms with E-state index in [9.17, 15) is 4.79 Å². The van der Waals surface area contributed by atoms with Crippen molar-refractivity contribution >= 4 is 34.5 Å². The standard InChI is InChI=1S/C26H25F2N5O/c1-15(29)19-10-11-21(24(28)25(19)32-17-6-4-5-16(13-17)26(30)31)20-9-8-18(14-22(20)27)33-12-3-2-7-23(33)34/h4-6,8-11,13-14,29,32H,2-3,7,12H2,1H3,(H3,30,31). The number of benzene rings is 3. The van der Waals surface area contributed by atoms with Crippen molar-refractivity contribution in [3.63, 3.8) is 0 Å². The van der Waals surface area contributed by atoms with Crippen molar-refractivity contribution < 1.29 is 13.6 Å². The van der Waals surface area contributed by atoms with Crippen LogP contribution < -0.4 is 16.0 Å². The Labute approximate surface area is 196 Å². The number of nitrogens with two attached hydrogens (primary N) is 1. The van der Waals surface area contributed by atoms with Crippen molar-refractivity contribution in [3.05, 3.63) is 77.4 Å². The zero-order chi connectivity index (χ0) is 24.4. The number of carbonyl (C=O) groups is 1. The zero-order valence-corrected chi connectivity index (χ0v) is 18.7. The highest BCUT2D eigenvalue weighted by Gasteiger charge is 2.23.